The van der Waals surface area contributed by atoms with Gasteiger partial charge < -0.3 is 20.9 Å². The Morgan fingerprint density at radius 3 is 2.70 bits per heavy atom. The fraction of sp³-hybridized carbons (Fsp3) is 0.588. The normalized spacial score (nSPS) is 23.8. The summed E-state index contributed by atoms with van der Waals surface area (Å²) in [5.41, 5.74) is -0.819. The van der Waals surface area contributed by atoms with Crippen molar-refractivity contribution in [3.05, 3.63) is 18.6 Å². The number of aliphatic imine (C=N–C) groups is 1. The number of amides is 3. The van der Waals surface area contributed by atoms with Gasteiger partial charge in [0.1, 0.15) is 11.4 Å². The monoisotopic (exact) mass is 374 g/mol. The number of rotatable bonds is 5. The molecule has 0 aliphatic carbocycles. The lowest BCUT2D eigenvalue weighted by atomic mass is 9.79. The van der Waals surface area contributed by atoms with Gasteiger partial charge in [-0.3, -0.25) is 20.1 Å². The molecule has 3 amide bonds. The molecular weight excluding hydrogens is 348 g/mol. The van der Waals surface area contributed by atoms with E-state index in [4.69, 9.17) is 0 Å². The lowest BCUT2D eigenvalue weighted by molar-refractivity contribution is -0.125. The van der Waals surface area contributed by atoms with Crippen molar-refractivity contribution in [3.8, 4) is 0 Å². The quantitative estimate of drug-likeness (QED) is 0.243. The van der Waals surface area contributed by atoms with E-state index in [1.807, 2.05) is 0 Å². The van der Waals surface area contributed by atoms with Gasteiger partial charge in [-0.1, -0.05) is 0 Å². The van der Waals surface area contributed by atoms with E-state index in [1.165, 1.54) is 0 Å². The second kappa shape index (κ2) is 8.19. The molecule has 2 fully saturated rings. The number of nitrogens with zero attached hydrogens (tertiary/aromatic N) is 4. The maximum absolute atomic E-state index is 12.1. The summed E-state index contributed by atoms with van der Waals surface area (Å²) in [6.07, 6.45) is 6.58. The van der Waals surface area contributed by atoms with Crippen LogP contribution >= 0.6 is 0 Å². The third-order valence-electron chi connectivity index (χ3n) is 5.17. The smallest absolute Gasteiger partial charge is 0.322 e. The molecule has 2 saturated heterocycles. The molecule has 3 rings (SSSR count). The van der Waals surface area contributed by atoms with Crippen molar-refractivity contribution >= 4 is 23.7 Å². The molecule has 27 heavy (non-hydrogen) atoms. The Morgan fingerprint density at radius 1 is 1.33 bits per heavy atom. The SMILES string of the molecule is CN=C(NCCNc1cnccn1)N1CCC(C2(C)NC(=O)NC2=O)CC1. The minimum atomic E-state index is -0.819. The molecule has 0 saturated carbocycles. The van der Waals surface area contributed by atoms with E-state index < -0.39 is 11.6 Å². The molecule has 1 atom stereocenters. The number of aromatic nitrogens is 2. The van der Waals surface area contributed by atoms with Gasteiger partial charge in [-0.05, 0) is 25.7 Å². The average molecular weight is 374 g/mol. The number of carbonyl (C=O) groups is 2. The maximum atomic E-state index is 12.1. The topological polar surface area (TPSA) is 124 Å². The van der Waals surface area contributed by atoms with E-state index in [-0.39, 0.29) is 11.8 Å². The van der Waals surface area contributed by atoms with Crippen molar-refractivity contribution in [2.45, 2.75) is 25.3 Å². The predicted octanol–water partition coefficient (Wildman–Crippen LogP) is -0.226. The lowest BCUT2D eigenvalue weighted by Gasteiger charge is -2.39. The van der Waals surface area contributed by atoms with Gasteiger partial charge in [-0.25, -0.2) is 9.78 Å². The van der Waals surface area contributed by atoms with Gasteiger partial charge in [-0.15, -0.1) is 0 Å². The molecule has 1 unspecified atom stereocenters. The van der Waals surface area contributed by atoms with Crippen LogP contribution in [-0.4, -0.2) is 71.5 Å². The molecule has 4 N–H and O–H groups in total. The highest BCUT2D eigenvalue weighted by Crippen LogP contribution is 2.30. The van der Waals surface area contributed by atoms with Gasteiger partial charge in [0.2, 0.25) is 0 Å². The number of anilines is 1. The average Bonchev–Trinajstić information content (AvgIpc) is 2.95. The number of guanidine groups is 1. The second-order valence-corrected chi connectivity index (χ2v) is 6.86. The van der Waals surface area contributed by atoms with E-state index in [1.54, 1.807) is 32.6 Å². The molecule has 2 aliphatic heterocycles. The third kappa shape index (κ3) is 4.26. The summed E-state index contributed by atoms with van der Waals surface area (Å²) in [5.74, 6) is 1.44. The van der Waals surface area contributed by atoms with Crippen LogP contribution in [0.5, 0.6) is 0 Å². The molecular formula is C17H26N8O2. The zero-order valence-electron chi connectivity index (χ0n) is 15.7. The van der Waals surface area contributed by atoms with E-state index in [9.17, 15) is 9.59 Å². The summed E-state index contributed by atoms with van der Waals surface area (Å²) < 4.78 is 0. The summed E-state index contributed by atoms with van der Waals surface area (Å²) in [6, 6.07) is -0.405. The molecule has 0 radical (unpaired) electrons. The third-order valence-corrected chi connectivity index (χ3v) is 5.17. The van der Waals surface area contributed by atoms with Gasteiger partial charge in [0.05, 0.1) is 6.20 Å². The molecule has 0 bridgehead atoms. The summed E-state index contributed by atoms with van der Waals surface area (Å²) in [4.78, 5) is 38.3. The standard InChI is InChI=1S/C17H26N8O2/c1-17(14(26)23-16(27)24-17)12-3-9-25(10-4-12)15(18-2)22-8-7-21-13-11-19-5-6-20-13/h5-6,11-12H,3-4,7-10H2,1-2H3,(H,18,22)(H,20,21)(H2,23,24,26,27). The minimum absolute atomic E-state index is 0.108. The number of hydrogen-bond acceptors (Lipinski definition) is 6. The maximum Gasteiger partial charge on any atom is 0.322 e. The summed E-state index contributed by atoms with van der Waals surface area (Å²) in [6.45, 7) is 4.75. The van der Waals surface area contributed by atoms with E-state index in [0.717, 1.165) is 37.7 Å². The van der Waals surface area contributed by atoms with Crippen molar-refractivity contribution < 1.29 is 9.59 Å². The first kappa shape index (κ1) is 18.9. The van der Waals surface area contributed by atoms with Crippen molar-refractivity contribution in [3.63, 3.8) is 0 Å². The van der Waals surface area contributed by atoms with Crippen molar-refractivity contribution in [2.24, 2.45) is 10.9 Å². The van der Waals surface area contributed by atoms with Gasteiger partial charge in [0.25, 0.3) is 5.91 Å². The van der Waals surface area contributed by atoms with E-state index in [0.29, 0.717) is 13.1 Å². The first-order chi connectivity index (χ1) is 13.0. The highest BCUT2D eigenvalue weighted by molar-refractivity contribution is 6.07. The largest absolute Gasteiger partial charge is 0.367 e. The number of hydrogen-bond donors (Lipinski definition) is 4. The first-order valence-electron chi connectivity index (χ1n) is 9.12. The van der Waals surface area contributed by atoms with Crippen LogP contribution in [0.2, 0.25) is 0 Å². The summed E-state index contributed by atoms with van der Waals surface area (Å²) >= 11 is 0. The van der Waals surface area contributed by atoms with Gasteiger partial charge in [0.15, 0.2) is 5.96 Å². The van der Waals surface area contributed by atoms with Crippen LogP contribution in [-0.2, 0) is 4.79 Å². The Kier molecular flexibility index (Phi) is 5.72. The zero-order valence-corrected chi connectivity index (χ0v) is 15.7. The molecule has 0 spiro atoms. The molecule has 146 valence electrons. The van der Waals surface area contributed by atoms with Crippen molar-refractivity contribution in [1.29, 1.82) is 0 Å². The number of urea groups is 1. The van der Waals surface area contributed by atoms with E-state index >= 15 is 0 Å². The fourth-order valence-corrected chi connectivity index (χ4v) is 3.60. The summed E-state index contributed by atoms with van der Waals surface area (Å²) in [7, 11) is 1.76. The van der Waals surface area contributed by atoms with Gasteiger partial charge in [0, 0.05) is 45.6 Å². The van der Waals surface area contributed by atoms with Crippen LogP contribution in [0.15, 0.2) is 23.6 Å². The van der Waals surface area contributed by atoms with Crippen LogP contribution in [0.25, 0.3) is 0 Å². The number of piperidine rings is 1. The second-order valence-electron chi connectivity index (χ2n) is 6.86. The van der Waals surface area contributed by atoms with Crippen molar-refractivity contribution in [1.82, 2.24) is 30.8 Å². The number of carbonyl (C=O) groups excluding carboxylic acids is 2. The number of imide groups is 1. The van der Waals surface area contributed by atoms with Crippen LogP contribution in [0.1, 0.15) is 19.8 Å². The first-order valence-corrected chi connectivity index (χ1v) is 9.12. The van der Waals surface area contributed by atoms with E-state index in [2.05, 4.69) is 41.1 Å². The Bertz CT molecular complexity index is 702. The van der Waals surface area contributed by atoms with Crippen LogP contribution in [0.4, 0.5) is 10.6 Å². The Hall–Kier alpha value is -2.91. The van der Waals surface area contributed by atoms with Gasteiger partial charge in [-0.2, -0.15) is 0 Å². The zero-order chi connectivity index (χ0) is 19.3. The van der Waals surface area contributed by atoms with Crippen molar-refractivity contribution in [2.75, 3.05) is 38.5 Å². The van der Waals surface area contributed by atoms with Crippen LogP contribution < -0.4 is 21.3 Å². The molecule has 2 aliphatic rings. The fourth-order valence-electron chi connectivity index (χ4n) is 3.60. The summed E-state index contributed by atoms with van der Waals surface area (Å²) in [5, 5.41) is 11.7. The van der Waals surface area contributed by atoms with Crippen LogP contribution in [0.3, 0.4) is 0 Å². The molecule has 1 aromatic rings. The van der Waals surface area contributed by atoms with Crippen LogP contribution in [0, 0.1) is 5.92 Å². The molecule has 1 aromatic heterocycles. The van der Waals surface area contributed by atoms with Gasteiger partial charge >= 0.3 is 6.03 Å². The molecule has 10 heteroatoms. The molecule has 0 aromatic carbocycles. The molecule has 10 nitrogen and oxygen atoms in total. The Morgan fingerprint density at radius 2 is 2.11 bits per heavy atom. The highest BCUT2D eigenvalue weighted by atomic mass is 16.2. The molecule has 3 heterocycles. The Labute approximate surface area is 158 Å². The predicted molar refractivity (Wildman–Crippen MR) is 101 cm³/mol. The number of nitrogens with one attached hydrogen (secondary N) is 4. The lowest BCUT2D eigenvalue weighted by Crippen LogP contribution is -2.55. The Balaban J connectivity index is 1.45. The minimum Gasteiger partial charge on any atom is -0.367 e. The number of likely N-dealkylation sites (tertiary alicyclic amines) is 1. The highest BCUT2D eigenvalue weighted by Gasteiger charge is 2.48.